The quantitative estimate of drug-likeness (QED) is 0.937. The summed E-state index contributed by atoms with van der Waals surface area (Å²) < 4.78 is 0. The molecule has 1 atom stereocenters. The Bertz CT molecular complexity index is 583. The third-order valence-electron chi connectivity index (χ3n) is 2.73. The van der Waals surface area contributed by atoms with Gasteiger partial charge in [0.15, 0.2) is 0 Å². The molecule has 0 saturated carbocycles. The number of nitrogens with one attached hydrogen (secondary N) is 1. The Morgan fingerprint density at radius 2 is 2.00 bits per heavy atom. The molecule has 0 fully saturated rings. The zero-order chi connectivity index (χ0) is 13.8. The molecule has 2 rings (SSSR count). The van der Waals surface area contributed by atoms with Crippen LogP contribution < -0.4 is 5.32 Å². The van der Waals surface area contributed by atoms with Crippen LogP contribution in [0.5, 0.6) is 0 Å². The largest absolute Gasteiger partial charge is 0.344 e. The molecule has 0 saturated heterocycles. The van der Waals surface area contributed by atoms with Gasteiger partial charge >= 0.3 is 0 Å². The number of halogens is 1. The third kappa shape index (κ3) is 3.29. The Labute approximate surface area is 116 Å². The Kier molecular flexibility index (Phi) is 4.12. The van der Waals surface area contributed by atoms with Crippen LogP contribution in [0.25, 0.3) is 0 Å². The molecule has 1 heterocycles. The van der Waals surface area contributed by atoms with Crippen LogP contribution in [-0.4, -0.2) is 15.9 Å². The third-order valence-corrected chi connectivity index (χ3v) is 3.08. The van der Waals surface area contributed by atoms with E-state index in [1.54, 1.807) is 12.3 Å². The lowest BCUT2D eigenvalue weighted by Crippen LogP contribution is -2.27. The molecule has 1 amide bonds. The predicted octanol–water partition coefficient (Wildman–Crippen LogP) is 2.93. The number of aromatic nitrogens is 2. The van der Waals surface area contributed by atoms with Crippen molar-refractivity contribution in [2.45, 2.75) is 19.9 Å². The molecule has 0 aliphatic heterocycles. The number of benzene rings is 1. The summed E-state index contributed by atoms with van der Waals surface area (Å²) in [6.45, 7) is 3.70. The van der Waals surface area contributed by atoms with Crippen molar-refractivity contribution >= 4 is 17.5 Å². The second kappa shape index (κ2) is 5.80. The van der Waals surface area contributed by atoms with Gasteiger partial charge in [-0.25, -0.2) is 4.98 Å². The average Bonchev–Trinajstić information content (AvgIpc) is 2.39. The topological polar surface area (TPSA) is 54.9 Å². The Morgan fingerprint density at radius 3 is 2.63 bits per heavy atom. The van der Waals surface area contributed by atoms with Crippen LogP contribution in [0, 0.1) is 6.92 Å². The van der Waals surface area contributed by atoms with E-state index in [4.69, 9.17) is 11.6 Å². The molecular formula is C14H14ClN3O. The summed E-state index contributed by atoms with van der Waals surface area (Å²) >= 11 is 6.09. The SMILES string of the molecule is Cc1cnc(C(=O)N[C@H](C)c2ccccc2Cl)cn1. The van der Waals surface area contributed by atoms with Gasteiger partial charge in [0.05, 0.1) is 17.9 Å². The minimum absolute atomic E-state index is 0.190. The number of amides is 1. The van der Waals surface area contributed by atoms with Crippen molar-refractivity contribution < 1.29 is 4.79 Å². The van der Waals surface area contributed by atoms with E-state index in [9.17, 15) is 4.79 Å². The lowest BCUT2D eigenvalue weighted by atomic mass is 10.1. The fourth-order valence-corrected chi connectivity index (χ4v) is 1.98. The number of hydrogen-bond donors (Lipinski definition) is 1. The minimum atomic E-state index is -0.264. The molecule has 0 bridgehead atoms. The molecule has 0 spiro atoms. The van der Waals surface area contributed by atoms with Gasteiger partial charge in [-0.2, -0.15) is 0 Å². The van der Waals surface area contributed by atoms with E-state index in [2.05, 4.69) is 15.3 Å². The van der Waals surface area contributed by atoms with Crippen molar-refractivity contribution in [2.24, 2.45) is 0 Å². The molecule has 98 valence electrons. The van der Waals surface area contributed by atoms with Gasteiger partial charge in [0, 0.05) is 11.2 Å². The van der Waals surface area contributed by atoms with E-state index in [0.29, 0.717) is 10.7 Å². The molecule has 5 heteroatoms. The standard InChI is InChI=1S/C14H14ClN3O/c1-9-7-17-13(8-16-9)14(19)18-10(2)11-5-3-4-6-12(11)15/h3-8,10H,1-2H3,(H,18,19)/t10-/m1/s1. The van der Waals surface area contributed by atoms with Gasteiger partial charge in [-0.3, -0.25) is 9.78 Å². The summed E-state index contributed by atoms with van der Waals surface area (Å²) in [4.78, 5) is 20.1. The second-order valence-electron chi connectivity index (χ2n) is 4.26. The molecule has 0 aliphatic rings. The Hall–Kier alpha value is -1.94. The van der Waals surface area contributed by atoms with Crippen LogP contribution in [0.3, 0.4) is 0 Å². The molecule has 1 aromatic carbocycles. The number of nitrogens with zero attached hydrogens (tertiary/aromatic N) is 2. The highest BCUT2D eigenvalue weighted by atomic mass is 35.5. The maximum atomic E-state index is 12.0. The van der Waals surface area contributed by atoms with Gasteiger partial charge in [0.1, 0.15) is 5.69 Å². The summed E-state index contributed by atoms with van der Waals surface area (Å²) in [5.41, 5.74) is 1.94. The minimum Gasteiger partial charge on any atom is -0.344 e. The lowest BCUT2D eigenvalue weighted by Gasteiger charge is -2.15. The van der Waals surface area contributed by atoms with Gasteiger partial charge in [-0.1, -0.05) is 29.8 Å². The maximum absolute atomic E-state index is 12.0. The lowest BCUT2D eigenvalue weighted by molar-refractivity contribution is 0.0934. The molecule has 0 unspecified atom stereocenters. The molecular weight excluding hydrogens is 262 g/mol. The second-order valence-corrected chi connectivity index (χ2v) is 4.67. The van der Waals surface area contributed by atoms with Crippen molar-refractivity contribution in [3.8, 4) is 0 Å². The first-order chi connectivity index (χ1) is 9.08. The van der Waals surface area contributed by atoms with E-state index < -0.39 is 0 Å². The number of aryl methyl sites for hydroxylation is 1. The van der Waals surface area contributed by atoms with E-state index in [-0.39, 0.29) is 11.9 Å². The molecule has 2 aromatic rings. The van der Waals surface area contributed by atoms with Crippen LogP contribution in [0.15, 0.2) is 36.7 Å². The van der Waals surface area contributed by atoms with Crippen LogP contribution >= 0.6 is 11.6 Å². The van der Waals surface area contributed by atoms with Gasteiger partial charge < -0.3 is 5.32 Å². The zero-order valence-corrected chi connectivity index (χ0v) is 11.5. The number of rotatable bonds is 3. The average molecular weight is 276 g/mol. The summed E-state index contributed by atoms with van der Waals surface area (Å²) in [5.74, 6) is -0.264. The first-order valence-electron chi connectivity index (χ1n) is 5.92. The zero-order valence-electron chi connectivity index (χ0n) is 10.7. The van der Waals surface area contributed by atoms with Crippen molar-refractivity contribution in [3.63, 3.8) is 0 Å². The Balaban J connectivity index is 2.11. The van der Waals surface area contributed by atoms with Crippen LogP contribution in [0.1, 0.15) is 34.7 Å². The highest BCUT2D eigenvalue weighted by molar-refractivity contribution is 6.31. The molecule has 0 aliphatic carbocycles. The van der Waals surface area contributed by atoms with E-state index in [0.717, 1.165) is 11.3 Å². The highest BCUT2D eigenvalue weighted by Crippen LogP contribution is 2.22. The van der Waals surface area contributed by atoms with Crippen LogP contribution in [0.4, 0.5) is 0 Å². The highest BCUT2D eigenvalue weighted by Gasteiger charge is 2.14. The van der Waals surface area contributed by atoms with Gasteiger partial charge in [0.2, 0.25) is 0 Å². The number of hydrogen-bond acceptors (Lipinski definition) is 3. The Morgan fingerprint density at radius 1 is 1.26 bits per heavy atom. The molecule has 1 aromatic heterocycles. The molecule has 4 nitrogen and oxygen atoms in total. The van der Waals surface area contributed by atoms with Crippen molar-refractivity contribution in [2.75, 3.05) is 0 Å². The summed E-state index contributed by atoms with van der Waals surface area (Å²) in [6, 6.07) is 7.23. The maximum Gasteiger partial charge on any atom is 0.271 e. The fourth-order valence-electron chi connectivity index (χ4n) is 1.68. The van der Waals surface area contributed by atoms with Crippen molar-refractivity contribution in [3.05, 3.63) is 58.6 Å². The first kappa shape index (κ1) is 13.5. The normalized spacial score (nSPS) is 11.9. The predicted molar refractivity (Wildman–Crippen MR) is 74.1 cm³/mol. The summed E-state index contributed by atoms with van der Waals surface area (Å²) in [6.07, 6.45) is 3.03. The van der Waals surface area contributed by atoms with E-state index >= 15 is 0 Å². The number of carbonyl (C=O) groups excluding carboxylic acids is 1. The van der Waals surface area contributed by atoms with Gasteiger partial charge in [-0.15, -0.1) is 0 Å². The number of carbonyl (C=O) groups is 1. The molecule has 1 N–H and O–H groups in total. The van der Waals surface area contributed by atoms with Gasteiger partial charge in [-0.05, 0) is 25.5 Å². The first-order valence-corrected chi connectivity index (χ1v) is 6.29. The summed E-state index contributed by atoms with van der Waals surface area (Å²) in [5, 5.41) is 3.48. The van der Waals surface area contributed by atoms with Crippen LogP contribution in [0.2, 0.25) is 5.02 Å². The summed E-state index contributed by atoms with van der Waals surface area (Å²) in [7, 11) is 0. The van der Waals surface area contributed by atoms with E-state index in [1.165, 1.54) is 6.20 Å². The van der Waals surface area contributed by atoms with Crippen molar-refractivity contribution in [1.82, 2.24) is 15.3 Å². The molecule has 0 radical (unpaired) electrons. The van der Waals surface area contributed by atoms with E-state index in [1.807, 2.05) is 32.0 Å². The van der Waals surface area contributed by atoms with Gasteiger partial charge in [0.25, 0.3) is 5.91 Å². The van der Waals surface area contributed by atoms with Crippen LogP contribution in [-0.2, 0) is 0 Å². The van der Waals surface area contributed by atoms with Crippen molar-refractivity contribution in [1.29, 1.82) is 0 Å². The smallest absolute Gasteiger partial charge is 0.271 e. The fraction of sp³-hybridized carbons (Fsp3) is 0.214. The monoisotopic (exact) mass is 275 g/mol. The molecule has 19 heavy (non-hydrogen) atoms.